The highest BCUT2D eigenvalue weighted by atomic mass is 35.5. The fraction of sp³-hybridized carbons (Fsp3) is 0.143. The van der Waals surface area contributed by atoms with E-state index in [2.05, 4.69) is 5.32 Å². The zero-order valence-corrected chi connectivity index (χ0v) is 11.9. The molecule has 0 saturated carbocycles. The molecule has 7 heteroatoms. The van der Waals surface area contributed by atoms with E-state index in [0.29, 0.717) is 16.5 Å². The Kier molecular flexibility index (Phi) is 4.49. The van der Waals surface area contributed by atoms with Gasteiger partial charge in [0.2, 0.25) is 0 Å². The van der Waals surface area contributed by atoms with Crippen LogP contribution in [0.5, 0.6) is 5.75 Å². The van der Waals surface area contributed by atoms with Crippen molar-refractivity contribution in [3.05, 3.63) is 47.2 Å². The maximum atomic E-state index is 12.1. The first-order valence-electron chi connectivity index (χ1n) is 6.03. The highest BCUT2D eigenvalue weighted by molar-refractivity contribution is 6.32. The van der Waals surface area contributed by atoms with Gasteiger partial charge < -0.3 is 19.7 Å². The van der Waals surface area contributed by atoms with Crippen molar-refractivity contribution in [1.82, 2.24) is 4.57 Å². The molecule has 1 aromatic carbocycles. The molecular weight excluding hydrogens is 296 g/mol. The summed E-state index contributed by atoms with van der Waals surface area (Å²) in [4.78, 5) is 22.9. The van der Waals surface area contributed by atoms with E-state index in [1.807, 2.05) is 0 Å². The molecule has 0 radical (unpaired) electrons. The summed E-state index contributed by atoms with van der Waals surface area (Å²) >= 11 is 5.98. The Balaban J connectivity index is 2.16. The third-order valence-electron chi connectivity index (χ3n) is 2.78. The van der Waals surface area contributed by atoms with Crippen molar-refractivity contribution in [2.75, 3.05) is 12.4 Å². The van der Waals surface area contributed by atoms with E-state index in [-0.39, 0.29) is 12.2 Å². The van der Waals surface area contributed by atoms with Crippen LogP contribution < -0.4 is 10.1 Å². The Morgan fingerprint density at radius 2 is 2.14 bits per heavy atom. The molecule has 1 heterocycles. The largest absolute Gasteiger partial charge is 0.495 e. The number of aromatic nitrogens is 1. The van der Waals surface area contributed by atoms with Gasteiger partial charge in [0.05, 0.1) is 12.1 Å². The predicted octanol–water partition coefficient (Wildman–Crippen LogP) is 2.49. The topological polar surface area (TPSA) is 80.6 Å². The number of rotatable bonds is 5. The Morgan fingerprint density at radius 1 is 1.38 bits per heavy atom. The molecule has 1 aromatic heterocycles. The first kappa shape index (κ1) is 14.9. The number of carboxylic acids is 1. The van der Waals surface area contributed by atoms with Gasteiger partial charge in [0.1, 0.15) is 18.0 Å². The minimum Gasteiger partial charge on any atom is -0.495 e. The molecule has 110 valence electrons. The number of carbonyl (C=O) groups excluding carboxylic acids is 1. The van der Waals surface area contributed by atoms with Gasteiger partial charge in [-0.05, 0) is 30.3 Å². The molecule has 2 aromatic rings. The number of anilines is 1. The molecule has 0 aliphatic rings. The number of nitrogens with one attached hydrogen (secondary N) is 1. The normalized spacial score (nSPS) is 10.2. The lowest BCUT2D eigenvalue weighted by atomic mass is 10.3. The number of ether oxygens (including phenoxy) is 1. The SMILES string of the molecule is COc1ccc(NC(=O)c2cccn2CC(=O)O)cc1Cl. The van der Waals surface area contributed by atoms with Crippen molar-refractivity contribution in [1.29, 1.82) is 0 Å². The highest BCUT2D eigenvalue weighted by Gasteiger charge is 2.13. The molecule has 0 aliphatic carbocycles. The van der Waals surface area contributed by atoms with Gasteiger partial charge in [-0.2, -0.15) is 0 Å². The Bertz CT molecular complexity index is 681. The van der Waals surface area contributed by atoms with Gasteiger partial charge in [-0.3, -0.25) is 9.59 Å². The van der Waals surface area contributed by atoms with E-state index in [0.717, 1.165) is 0 Å². The average molecular weight is 309 g/mol. The monoisotopic (exact) mass is 308 g/mol. The molecule has 1 amide bonds. The first-order chi connectivity index (χ1) is 10.0. The molecule has 0 bridgehead atoms. The Hall–Kier alpha value is -2.47. The summed E-state index contributed by atoms with van der Waals surface area (Å²) in [5.41, 5.74) is 0.748. The zero-order valence-electron chi connectivity index (χ0n) is 11.2. The molecule has 2 rings (SSSR count). The van der Waals surface area contributed by atoms with E-state index in [4.69, 9.17) is 21.4 Å². The lowest BCUT2D eigenvalue weighted by molar-refractivity contribution is -0.137. The average Bonchev–Trinajstić information content (AvgIpc) is 2.86. The smallest absolute Gasteiger partial charge is 0.323 e. The Labute approximate surface area is 125 Å². The lowest BCUT2D eigenvalue weighted by Gasteiger charge is -2.09. The van der Waals surface area contributed by atoms with Crippen molar-refractivity contribution in [2.24, 2.45) is 0 Å². The molecule has 0 spiro atoms. The molecule has 2 N–H and O–H groups in total. The highest BCUT2D eigenvalue weighted by Crippen LogP contribution is 2.27. The summed E-state index contributed by atoms with van der Waals surface area (Å²) in [6.45, 7) is -0.279. The summed E-state index contributed by atoms with van der Waals surface area (Å²) in [6.07, 6.45) is 1.53. The van der Waals surface area contributed by atoms with E-state index < -0.39 is 11.9 Å². The predicted molar refractivity (Wildman–Crippen MR) is 78.0 cm³/mol. The summed E-state index contributed by atoms with van der Waals surface area (Å²) in [5.74, 6) is -0.931. The minimum atomic E-state index is -1.02. The van der Waals surface area contributed by atoms with Gasteiger partial charge in [0.25, 0.3) is 5.91 Å². The lowest BCUT2D eigenvalue weighted by Crippen LogP contribution is -2.19. The Morgan fingerprint density at radius 3 is 2.76 bits per heavy atom. The van der Waals surface area contributed by atoms with Crippen molar-refractivity contribution >= 4 is 29.2 Å². The molecular formula is C14H13ClN2O4. The molecule has 0 fully saturated rings. The van der Waals surface area contributed by atoms with Crippen LogP contribution in [0.3, 0.4) is 0 Å². The summed E-state index contributed by atoms with van der Waals surface area (Å²) in [5, 5.41) is 11.8. The summed E-state index contributed by atoms with van der Waals surface area (Å²) < 4.78 is 6.38. The first-order valence-corrected chi connectivity index (χ1v) is 6.41. The number of hydrogen-bond acceptors (Lipinski definition) is 3. The van der Waals surface area contributed by atoms with Crippen LogP contribution in [0.25, 0.3) is 0 Å². The molecule has 0 atom stereocenters. The van der Waals surface area contributed by atoms with Gasteiger partial charge in [-0.15, -0.1) is 0 Å². The number of hydrogen-bond donors (Lipinski definition) is 2. The van der Waals surface area contributed by atoms with Crippen molar-refractivity contribution in [3.8, 4) is 5.75 Å². The van der Waals surface area contributed by atoms with E-state index in [1.165, 1.54) is 17.9 Å². The van der Waals surface area contributed by atoms with Gasteiger partial charge >= 0.3 is 5.97 Å². The third kappa shape index (κ3) is 3.55. The van der Waals surface area contributed by atoms with E-state index in [1.54, 1.807) is 30.3 Å². The number of halogens is 1. The van der Waals surface area contributed by atoms with Crippen molar-refractivity contribution in [2.45, 2.75) is 6.54 Å². The quantitative estimate of drug-likeness (QED) is 0.889. The molecule has 0 saturated heterocycles. The van der Waals surface area contributed by atoms with Crippen LogP contribution in [0.2, 0.25) is 5.02 Å². The fourth-order valence-corrected chi connectivity index (χ4v) is 2.10. The van der Waals surface area contributed by atoms with Gasteiger partial charge in [0, 0.05) is 11.9 Å². The second-order valence-electron chi connectivity index (χ2n) is 4.22. The number of aliphatic carboxylic acids is 1. The molecule has 0 unspecified atom stereocenters. The minimum absolute atomic E-state index is 0.254. The van der Waals surface area contributed by atoms with Crippen LogP contribution in [-0.2, 0) is 11.3 Å². The van der Waals surface area contributed by atoms with Crippen LogP contribution in [0.4, 0.5) is 5.69 Å². The van der Waals surface area contributed by atoms with Crippen LogP contribution in [0.1, 0.15) is 10.5 Å². The van der Waals surface area contributed by atoms with Crippen LogP contribution in [0.15, 0.2) is 36.5 Å². The standard InChI is InChI=1S/C14H13ClN2O4/c1-21-12-5-4-9(7-10(12)15)16-14(20)11-3-2-6-17(11)8-13(18)19/h2-7H,8H2,1H3,(H,16,20)(H,18,19). The molecule has 6 nitrogen and oxygen atoms in total. The van der Waals surface area contributed by atoms with Crippen molar-refractivity contribution < 1.29 is 19.4 Å². The van der Waals surface area contributed by atoms with Crippen LogP contribution in [-0.4, -0.2) is 28.7 Å². The number of methoxy groups -OCH3 is 1. The molecule has 21 heavy (non-hydrogen) atoms. The van der Waals surface area contributed by atoms with E-state index >= 15 is 0 Å². The fourth-order valence-electron chi connectivity index (χ4n) is 1.84. The maximum absolute atomic E-state index is 12.1. The van der Waals surface area contributed by atoms with Gasteiger partial charge in [-0.25, -0.2) is 0 Å². The number of benzene rings is 1. The zero-order chi connectivity index (χ0) is 15.4. The number of amides is 1. The number of nitrogens with zero attached hydrogens (tertiary/aromatic N) is 1. The number of carbonyl (C=O) groups is 2. The van der Waals surface area contributed by atoms with Crippen LogP contribution >= 0.6 is 11.6 Å². The molecule has 0 aliphatic heterocycles. The maximum Gasteiger partial charge on any atom is 0.323 e. The number of carboxylic acid groups (broad SMARTS) is 1. The van der Waals surface area contributed by atoms with E-state index in [9.17, 15) is 9.59 Å². The summed E-state index contributed by atoms with van der Waals surface area (Å²) in [6, 6.07) is 7.99. The third-order valence-corrected chi connectivity index (χ3v) is 3.07. The van der Waals surface area contributed by atoms with Gasteiger partial charge in [-0.1, -0.05) is 11.6 Å². The second-order valence-corrected chi connectivity index (χ2v) is 4.63. The second kappa shape index (κ2) is 6.32. The van der Waals surface area contributed by atoms with Crippen LogP contribution in [0, 0.1) is 0 Å². The van der Waals surface area contributed by atoms with Gasteiger partial charge in [0.15, 0.2) is 0 Å². The van der Waals surface area contributed by atoms with Crippen molar-refractivity contribution in [3.63, 3.8) is 0 Å². The summed E-state index contributed by atoms with van der Waals surface area (Å²) in [7, 11) is 1.50.